The quantitative estimate of drug-likeness (QED) is 0.730. The normalized spacial score (nSPS) is 18.9. The van der Waals surface area contributed by atoms with Crippen LogP contribution in [-0.2, 0) is 14.6 Å². The number of hydrogen-bond donors (Lipinski definition) is 0. The van der Waals surface area contributed by atoms with Crippen LogP contribution in [0.25, 0.3) is 0 Å². The van der Waals surface area contributed by atoms with E-state index in [1.807, 2.05) is 0 Å². The van der Waals surface area contributed by atoms with Crippen LogP contribution in [0.5, 0.6) is 0 Å². The number of sulfone groups is 1. The molecule has 1 rings (SSSR count). The van der Waals surface area contributed by atoms with Gasteiger partial charge in [0.15, 0.2) is 9.84 Å². The Morgan fingerprint density at radius 3 is 2.38 bits per heavy atom. The van der Waals surface area contributed by atoms with Crippen LogP contribution >= 0.6 is 0 Å². The van der Waals surface area contributed by atoms with Crippen molar-refractivity contribution in [3.05, 3.63) is 0 Å². The molecule has 0 saturated heterocycles. The molecule has 1 amide bonds. The van der Waals surface area contributed by atoms with Gasteiger partial charge in [0.25, 0.3) is 0 Å². The highest BCUT2D eigenvalue weighted by Gasteiger charge is 2.30. The zero-order valence-corrected chi connectivity index (χ0v) is 11.1. The summed E-state index contributed by atoms with van der Waals surface area (Å²) >= 11 is 0. The first kappa shape index (κ1) is 13.5. The van der Waals surface area contributed by atoms with Crippen molar-refractivity contribution >= 4 is 15.7 Å². The van der Waals surface area contributed by atoms with E-state index >= 15 is 0 Å². The third kappa shape index (κ3) is 3.20. The van der Waals surface area contributed by atoms with E-state index in [1.54, 1.807) is 25.8 Å². The van der Waals surface area contributed by atoms with E-state index in [4.69, 9.17) is 0 Å². The Labute approximate surface area is 97.9 Å². The molecule has 0 spiro atoms. The van der Waals surface area contributed by atoms with Crippen LogP contribution in [0, 0.1) is 5.92 Å². The van der Waals surface area contributed by atoms with Crippen molar-refractivity contribution in [1.82, 2.24) is 4.90 Å². The highest BCUT2D eigenvalue weighted by Crippen LogP contribution is 2.28. The molecule has 16 heavy (non-hydrogen) atoms. The van der Waals surface area contributed by atoms with Gasteiger partial charge >= 0.3 is 0 Å². The van der Waals surface area contributed by atoms with Gasteiger partial charge in [-0.2, -0.15) is 0 Å². The summed E-state index contributed by atoms with van der Waals surface area (Å²) in [5.41, 5.74) is 0. The summed E-state index contributed by atoms with van der Waals surface area (Å²) in [6.07, 6.45) is 3.03. The van der Waals surface area contributed by atoms with Crippen LogP contribution in [0.4, 0.5) is 0 Å². The van der Waals surface area contributed by atoms with Crippen LogP contribution in [0.2, 0.25) is 0 Å². The van der Waals surface area contributed by atoms with Gasteiger partial charge in [0.1, 0.15) is 0 Å². The predicted molar refractivity (Wildman–Crippen MR) is 63.9 cm³/mol. The number of rotatable bonds is 5. The molecule has 0 bridgehead atoms. The van der Waals surface area contributed by atoms with Crippen molar-refractivity contribution in [3.63, 3.8) is 0 Å². The van der Waals surface area contributed by atoms with Crippen LogP contribution in [0.1, 0.15) is 33.1 Å². The number of hydrogen-bond acceptors (Lipinski definition) is 3. The molecule has 0 N–H and O–H groups in total. The van der Waals surface area contributed by atoms with Gasteiger partial charge < -0.3 is 4.90 Å². The lowest BCUT2D eigenvalue weighted by Crippen LogP contribution is -2.44. The lowest BCUT2D eigenvalue weighted by Gasteiger charge is -2.32. The van der Waals surface area contributed by atoms with E-state index in [1.165, 1.54) is 0 Å². The van der Waals surface area contributed by atoms with E-state index in [-0.39, 0.29) is 29.4 Å². The van der Waals surface area contributed by atoms with Gasteiger partial charge in [-0.05, 0) is 19.8 Å². The second-order valence-corrected chi connectivity index (χ2v) is 7.02. The second-order valence-electron chi connectivity index (χ2n) is 4.62. The van der Waals surface area contributed by atoms with Crippen molar-refractivity contribution in [2.75, 3.05) is 18.6 Å². The van der Waals surface area contributed by atoms with Gasteiger partial charge in [0.05, 0.1) is 5.75 Å². The van der Waals surface area contributed by atoms with Crippen molar-refractivity contribution < 1.29 is 13.2 Å². The summed E-state index contributed by atoms with van der Waals surface area (Å²) in [5.74, 6) is 0.447. The number of carbonyl (C=O) groups is 1. The fourth-order valence-corrected chi connectivity index (χ4v) is 2.95. The average Bonchev–Trinajstić information content (AvgIpc) is 2.13. The topological polar surface area (TPSA) is 54.5 Å². The van der Waals surface area contributed by atoms with Crippen LogP contribution in [-0.4, -0.2) is 43.8 Å². The van der Waals surface area contributed by atoms with Gasteiger partial charge in [-0.3, -0.25) is 4.79 Å². The molecule has 94 valence electrons. The summed E-state index contributed by atoms with van der Waals surface area (Å²) < 4.78 is 22.9. The van der Waals surface area contributed by atoms with Crippen LogP contribution in [0.15, 0.2) is 0 Å². The lowest BCUT2D eigenvalue weighted by molar-refractivity contribution is -0.138. The first-order chi connectivity index (χ1) is 7.37. The maximum absolute atomic E-state index is 11.9. The van der Waals surface area contributed by atoms with Crippen molar-refractivity contribution in [1.29, 1.82) is 0 Å². The molecule has 1 aliphatic rings. The molecule has 0 unspecified atom stereocenters. The fraction of sp³-hybridized carbons (Fsp3) is 0.909. The van der Waals surface area contributed by atoms with Crippen LogP contribution < -0.4 is 0 Å². The van der Waals surface area contributed by atoms with Crippen LogP contribution in [0.3, 0.4) is 0 Å². The Balaban J connectivity index is 2.52. The highest BCUT2D eigenvalue weighted by atomic mass is 32.2. The molecule has 4 nitrogen and oxygen atoms in total. The smallest absolute Gasteiger partial charge is 0.225 e. The minimum Gasteiger partial charge on any atom is -0.342 e. The largest absolute Gasteiger partial charge is 0.342 e. The summed E-state index contributed by atoms with van der Waals surface area (Å²) in [4.78, 5) is 13.5. The molecule has 1 aliphatic carbocycles. The Bertz CT molecular complexity index is 346. The van der Waals surface area contributed by atoms with E-state index in [0.717, 1.165) is 19.3 Å². The van der Waals surface area contributed by atoms with Gasteiger partial charge in [-0.15, -0.1) is 0 Å². The van der Waals surface area contributed by atoms with Gasteiger partial charge in [-0.25, -0.2) is 8.42 Å². The Morgan fingerprint density at radius 1 is 1.44 bits per heavy atom. The van der Waals surface area contributed by atoms with E-state index in [0.29, 0.717) is 0 Å². The first-order valence-electron chi connectivity index (χ1n) is 5.84. The number of amides is 1. The molecule has 0 aliphatic heterocycles. The summed E-state index contributed by atoms with van der Waals surface area (Å²) in [6.45, 7) is 3.43. The Morgan fingerprint density at radius 2 is 2.00 bits per heavy atom. The molecular weight excluding hydrogens is 226 g/mol. The molecule has 1 saturated carbocycles. The van der Waals surface area contributed by atoms with Crippen molar-refractivity contribution in [2.45, 2.75) is 39.2 Å². The second kappa shape index (κ2) is 5.17. The minimum atomic E-state index is -3.01. The van der Waals surface area contributed by atoms with Gasteiger partial charge in [0, 0.05) is 24.8 Å². The molecule has 5 heteroatoms. The molecule has 0 aromatic heterocycles. The molecule has 0 radical (unpaired) electrons. The molecule has 0 aromatic carbocycles. The zero-order valence-electron chi connectivity index (χ0n) is 10.3. The first-order valence-corrected chi connectivity index (χ1v) is 7.66. The third-order valence-electron chi connectivity index (χ3n) is 3.40. The highest BCUT2D eigenvalue weighted by molar-refractivity contribution is 7.91. The number of carbonyl (C=O) groups excluding carboxylic acids is 1. The van der Waals surface area contributed by atoms with Crippen molar-refractivity contribution in [2.24, 2.45) is 5.92 Å². The minimum absolute atomic E-state index is 0.0679. The summed E-state index contributed by atoms with van der Waals surface area (Å²) in [6, 6.07) is -0.224. The van der Waals surface area contributed by atoms with Gasteiger partial charge in [-0.1, -0.05) is 13.3 Å². The standard InChI is InChI=1S/C11H21NO3S/c1-4-16(14,15)8-9(2)12(3)11(13)10-6-5-7-10/h9-10H,4-8H2,1-3H3/t9-/m1/s1. The predicted octanol–water partition coefficient (Wildman–Crippen LogP) is 1.07. The summed E-state index contributed by atoms with van der Waals surface area (Å²) in [7, 11) is -1.30. The Kier molecular flexibility index (Phi) is 4.35. The third-order valence-corrected chi connectivity index (χ3v) is 5.27. The average molecular weight is 247 g/mol. The SMILES string of the molecule is CCS(=O)(=O)C[C@@H](C)N(C)C(=O)C1CCC1. The molecular formula is C11H21NO3S. The molecule has 1 atom stereocenters. The maximum Gasteiger partial charge on any atom is 0.225 e. The zero-order chi connectivity index (χ0) is 12.3. The lowest BCUT2D eigenvalue weighted by atomic mass is 9.84. The van der Waals surface area contributed by atoms with Crippen molar-refractivity contribution in [3.8, 4) is 0 Å². The molecule has 0 aromatic rings. The van der Waals surface area contributed by atoms with E-state index in [2.05, 4.69) is 0 Å². The monoisotopic (exact) mass is 247 g/mol. The molecule has 1 fully saturated rings. The van der Waals surface area contributed by atoms with Gasteiger partial charge in [0.2, 0.25) is 5.91 Å². The molecule has 0 heterocycles. The Hall–Kier alpha value is -0.580. The number of nitrogens with zero attached hydrogens (tertiary/aromatic N) is 1. The van der Waals surface area contributed by atoms with E-state index in [9.17, 15) is 13.2 Å². The maximum atomic E-state index is 11.9. The van der Waals surface area contributed by atoms with E-state index < -0.39 is 9.84 Å². The fourth-order valence-electron chi connectivity index (χ4n) is 1.76. The summed E-state index contributed by atoms with van der Waals surface area (Å²) in [5, 5.41) is 0.